The molecule has 0 aliphatic carbocycles. The molecule has 0 fully saturated rings. The topological polar surface area (TPSA) is 107 Å². The highest BCUT2D eigenvalue weighted by molar-refractivity contribution is 7.89. The molecule has 0 heterocycles. The smallest absolute Gasteiger partial charge is 0.324 e. The molecule has 0 radical (unpaired) electrons. The second-order valence-corrected chi connectivity index (χ2v) is 6.31. The summed E-state index contributed by atoms with van der Waals surface area (Å²) in [5, 5.41) is 18.0. The van der Waals surface area contributed by atoms with Crippen molar-refractivity contribution in [2.24, 2.45) is 0 Å². The summed E-state index contributed by atoms with van der Waals surface area (Å²) in [6.07, 6.45) is 0.684. The van der Waals surface area contributed by atoms with Gasteiger partial charge in [-0.15, -0.1) is 0 Å². The molecule has 1 rings (SSSR count). The van der Waals surface area contributed by atoms with Crippen molar-refractivity contribution >= 4 is 16.0 Å². The zero-order valence-corrected chi connectivity index (χ0v) is 12.1. The van der Waals surface area contributed by atoms with Crippen LogP contribution in [-0.2, 0) is 14.8 Å². The summed E-state index contributed by atoms with van der Waals surface area (Å²) < 4.78 is 26.6. The van der Waals surface area contributed by atoms with E-state index >= 15 is 0 Å². The van der Waals surface area contributed by atoms with Gasteiger partial charge in [0.1, 0.15) is 5.54 Å². The number of aliphatic carboxylic acids is 1. The van der Waals surface area contributed by atoms with Crippen molar-refractivity contribution in [3.8, 4) is 6.07 Å². The first-order valence-corrected chi connectivity index (χ1v) is 7.51. The Bertz CT molecular complexity index is 649. The van der Waals surface area contributed by atoms with Crippen LogP contribution in [0.25, 0.3) is 0 Å². The highest BCUT2D eigenvalue weighted by atomic mass is 32.2. The van der Waals surface area contributed by atoms with Crippen molar-refractivity contribution in [2.45, 2.75) is 37.1 Å². The molecule has 0 bridgehead atoms. The maximum Gasteiger partial charge on any atom is 0.324 e. The Morgan fingerprint density at radius 2 is 2.15 bits per heavy atom. The minimum absolute atomic E-state index is 0.125. The number of nitrogens with one attached hydrogen (secondary N) is 1. The van der Waals surface area contributed by atoms with E-state index in [2.05, 4.69) is 4.72 Å². The Balaban J connectivity index is 3.17. The summed E-state index contributed by atoms with van der Waals surface area (Å²) >= 11 is 0. The van der Waals surface area contributed by atoms with Crippen LogP contribution < -0.4 is 4.72 Å². The number of rotatable bonds is 6. The molecule has 1 unspecified atom stereocenters. The lowest BCUT2D eigenvalue weighted by atomic mass is 9.98. The fourth-order valence-electron chi connectivity index (χ4n) is 1.79. The first kappa shape index (κ1) is 16.1. The molecule has 7 heteroatoms. The van der Waals surface area contributed by atoms with Gasteiger partial charge in [-0.25, -0.2) is 8.42 Å². The molecule has 0 aromatic heterocycles. The summed E-state index contributed by atoms with van der Waals surface area (Å²) in [4.78, 5) is 11.1. The molecule has 0 amide bonds. The number of sulfonamides is 1. The zero-order chi connectivity index (χ0) is 15.4. The Morgan fingerprint density at radius 3 is 2.65 bits per heavy atom. The molecular formula is C13H16N2O4S. The van der Waals surface area contributed by atoms with Crippen molar-refractivity contribution in [1.29, 1.82) is 5.26 Å². The molecule has 0 saturated carbocycles. The Morgan fingerprint density at radius 1 is 1.50 bits per heavy atom. The third kappa shape index (κ3) is 3.56. The molecule has 0 saturated heterocycles. The monoisotopic (exact) mass is 296 g/mol. The number of nitriles is 1. The van der Waals surface area contributed by atoms with Gasteiger partial charge in [0.05, 0.1) is 16.5 Å². The number of benzene rings is 1. The fourth-order valence-corrected chi connectivity index (χ4v) is 3.23. The molecule has 0 aliphatic heterocycles. The number of nitrogens with zero attached hydrogens (tertiary/aromatic N) is 1. The van der Waals surface area contributed by atoms with Crippen LogP contribution in [-0.4, -0.2) is 25.0 Å². The highest BCUT2D eigenvalue weighted by Gasteiger charge is 2.37. The van der Waals surface area contributed by atoms with Gasteiger partial charge in [-0.2, -0.15) is 9.98 Å². The molecule has 1 aromatic rings. The lowest BCUT2D eigenvalue weighted by Gasteiger charge is -2.25. The van der Waals surface area contributed by atoms with Crippen LogP contribution in [0, 0.1) is 11.3 Å². The second-order valence-electron chi connectivity index (χ2n) is 4.63. The number of hydrogen-bond donors (Lipinski definition) is 2. The fraction of sp³-hybridized carbons (Fsp3) is 0.385. The Labute approximate surface area is 118 Å². The molecular weight excluding hydrogens is 280 g/mol. The van der Waals surface area contributed by atoms with E-state index in [-0.39, 0.29) is 16.9 Å². The van der Waals surface area contributed by atoms with Gasteiger partial charge in [0.15, 0.2) is 0 Å². The van der Waals surface area contributed by atoms with Gasteiger partial charge >= 0.3 is 5.97 Å². The number of hydrogen-bond acceptors (Lipinski definition) is 4. The predicted molar refractivity (Wildman–Crippen MR) is 72.4 cm³/mol. The molecule has 6 nitrogen and oxygen atoms in total. The quantitative estimate of drug-likeness (QED) is 0.826. The van der Waals surface area contributed by atoms with Crippen LogP contribution >= 0.6 is 0 Å². The molecule has 20 heavy (non-hydrogen) atoms. The van der Waals surface area contributed by atoms with Gasteiger partial charge in [0.2, 0.25) is 10.0 Å². The van der Waals surface area contributed by atoms with Crippen LogP contribution in [0.5, 0.6) is 0 Å². The van der Waals surface area contributed by atoms with Gasteiger partial charge < -0.3 is 5.11 Å². The van der Waals surface area contributed by atoms with Crippen LogP contribution in [0.1, 0.15) is 32.3 Å². The van der Waals surface area contributed by atoms with Gasteiger partial charge in [-0.05, 0) is 31.5 Å². The summed E-state index contributed by atoms with van der Waals surface area (Å²) in [6.45, 7) is 3.09. The van der Waals surface area contributed by atoms with Gasteiger partial charge in [0.25, 0.3) is 0 Å². The third-order valence-electron chi connectivity index (χ3n) is 2.86. The first-order chi connectivity index (χ1) is 9.25. The number of carbonyl (C=O) groups is 1. The lowest BCUT2D eigenvalue weighted by Crippen LogP contribution is -2.51. The van der Waals surface area contributed by atoms with Gasteiger partial charge in [0, 0.05) is 0 Å². The summed E-state index contributed by atoms with van der Waals surface area (Å²) in [5.41, 5.74) is -1.38. The van der Waals surface area contributed by atoms with Crippen LogP contribution in [0.2, 0.25) is 0 Å². The first-order valence-electron chi connectivity index (χ1n) is 6.02. The van der Waals surface area contributed by atoms with Crippen molar-refractivity contribution in [3.63, 3.8) is 0 Å². The molecule has 0 spiro atoms. The van der Waals surface area contributed by atoms with E-state index in [1.807, 2.05) is 6.07 Å². The van der Waals surface area contributed by atoms with E-state index in [0.29, 0.717) is 6.42 Å². The molecule has 0 aliphatic rings. The van der Waals surface area contributed by atoms with E-state index in [1.165, 1.54) is 31.2 Å². The van der Waals surface area contributed by atoms with E-state index < -0.39 is 21.5 Å². The van der Waals surface area contributed by atoms with Crippen molar-refractivity contribution in [2.75, 3.05) is 0 Å². The number of carboxylic acid groups (broad SMARTS) is 1. The largest absolute Gasteiger partial charge is 0.480 e. The SMILES string of the molecule is CCCC(C)(NS(=O)(=O)c1cccc(C#N)c1)C(=O)O. The lowest BCUT2D eigenvalue weighted by molar-refractivity contribution is -0.143. The van der Waals surface area contributed by atoms with Crippen molar-refractivity contribution in [3.05, 3.63) is 29.8 Å². The van der Waals surface area contributed by atoms with Gasteiger partial charge in [-0.1, -0.05) is 19.4 Å². The average molecular weight is 296 g/mol. The van der Waals surface area contributed by atoms with Crippen molar-refractivity contribution < 1.29 is 18.3 Å². The minimum Gasteiger partial charge on any atom is -0.480 e. The summed E-state index contributed by atoms with van der Waals surface area (Å²) in [6, 6.07) is 7.27. The standard InChI is InChI=1S/C13H16N2O4S/c1-3-7-13(2,12(16)17)15-20(18,19)11-6-4-5-10(8-11)9-14/h4-6,8,15H,3,7H2,1-2H3,(H,16,17). The predicted octanol–water partition coefficient (Wildman–Crippen LogP) is 1.48. The molecule has 2 N–H and O–H groups in total. The van der Waals surface area contributed by atoms with E-state index in [4.69, 9.17) is 5.26 Å². The molecule has 1 atom stereocenters. The normalized spacial score (nSPS) is 14.2. The molecule has 1 aromatic carbocycles. The van der Waals surface area contributed by atoms with E-state index in [1.54, 1.807) is 6.92 Å². The highest BCUT2D eigenvalue weighted by Crippen LogP contribution is 2.18. The zero-order valence-electron chi connectivity index (χ0n) is 11.3. The minimum atomic E-state index is -4.00. The van der Waals surface area contributed by atoms with Crippen LogP contribution in [0.3, 0.4) is 0 Å². The summed E-state index contributed by atoms with van der Waals surface area (Å²) in [5.74, 6) is -1.24. The molecule has 108 valence electrons. The summed E-state index contributed by atoms with van der Waals surface area (Å²) in [7, 11) is -4.00. The maximum atomic E-state index is 12.2. The van der Waals surface area contributed by atoms with E-state index in [0.717, 1.165) is 0 Å². The maximum absolute atomic E-state index is 12.2. The van der Waals surface area contributed by atoms with E-state index in [9.17, 15) is 18.3 Å². The Kier molecular flexibility index (Phi) is 4.87. The second kappa shape index (κ2) is 6.03. The third-order valence-corrected chi connectivity index (χ3v) is 4.45. The Hall–Kier alpha value is -1.91. The van der Waals surface area contributed by atoms with Crippen LogP contribution in [0.4, 0.5) is 0 Å². The van der Waals surface area contributed by atoms with Gasteiger partial charge in [-0.3, -0.25) is 4.79 Å². The average Bonchev–Trinajstić information content (AvgIpc) is 2.38. The van der Waals surface area contributed by atoms with Crippen molar-refractivity contribution in [1.82, 2.24) is 4.72 Å². The van der Waals surface area contributed by atoms with Crippen LogP contribution in [0.15, 0.2) is 29.2 Å². The number of carboxylic acids is 1.